The van der Waals surface area contributed by atoms with Gasteiger partial charge in [0.15, 0.2) is 0 Å². The smallest absolute Gasteiger partial charge is 0.146 e. The molecule has 0 saturated heterocycles. The number of rotatable bonds is 4. The summed E-state index contributed by atoms with van der Waals surface area (Å²) in [4.78, 5) is 6.18. The molecule has 1 aromatic rings. The molecule has 0 aliphatic heterocycles. The van der Waals surface area contributed by atoms with E-state index in [1.54, 1.807) is 6.20 Å². The fourth-order valence-corrected chi connectivity index (χ4v) is 1.52. The summed E-state index contributed by atoms with van der Waals surface area (Å²) in [6, 6.07) is 6.09. The van der Waals surface area contributed by atoms with E-state index in [-0.39, 0.29) is 0 Å². The predicted molar refractivity (Wildman–Crippen MR) is 61.8 cm³/mol. The number of anilines is 1. The molecule has 1 heterocycles. The second-order valence-corrected chi connectivity index (χ2v) is 3.43. The van der Waals surface area contributed by atoms with Gasteiger partial charge in [-0.15, -0.1) is 0 Å². The van der Waals surface area contributed by atoms with Crippen LogP contribution >= 0.6 is 0 Å². The van der Waals surface area contributed by atoms with Crippen molar-refractivity contribution in [2.24, 2.45) is 0 Å². The zero-order valence-corrected chi connectivity index (χ0v) is 9.56. The van der Waals surface area contributed by atoms with Crippen molar-refractivity contribution in [2.45, 2.75) is 20.3 Å². The van der Waals surface area contributed by atoms with E-state index in [0.717, 1.165) is 12.1 Å². The van der Waals surface area contributed by atoms with Gasteiger partial charge < -0.3 is 4.90 Å². The Labute approximate surface area is 95.8 Å². The van der Waals surface area contributed by atoms with Gasteiger partial charge in [0.25, 0.3) is 0 Å². The quantitative estimate of drug-likeness (QED) is 0.769. The molecule has 4 heteroatoms. The Balaban J connectivity index is 3.06. The SMILES string of the molecule is CCN(CCC#N)c1nccc(C)c1C#N. The van der Waals surface area contributed by atoms with Crippen LogP contribution in [0.3, 0.4) is 0 Å². The van der Waals surface area contributed by atoms with E-state index in [4.69, 9.17) is 10.5 Å². The highest BCUT2D eigenvalue weighted by molar-refractivity contribution is 5.57. The first-order chi connectivity index (χ1) is 7.74. The van der Waals surface area contributed by atoms with Gasteiger partial charge in [-0.25, -0.2) is 4.98 Å². The minimum absolute atomic E-state index is 0.439. The topological polar surface area (TPSA) is 63.7 Å². The van der Waals surface area contributed by atoms with Gasteiger partial charge in [0, 0.05) is 19.3 Å². The van der Waals surface area contributed by atoms with Gasteiger partial charge in [-0.2, -0.15) is 10.5 Å². The van der Waals surface area contributed by atoms with E-state index in [9.17, 15) is 0 Å². The Kier molecular flexibility index (Phi) is 4.29. The molecule has 1 aromatic heterocycles. The van der Waals surface area contributed by atoms with E-state index in [2.05, 4.69) is 17.1 Å². The lowest BCUT2D eigenvalue weighted by Gasteiger charge is -2.22. The molecule has 0 aromatic carbocycles. The lowest BCUT2D eigenvalue weighted by atomic mass is 10.1. The highest BCUT2D eigenvalue weighted by Gasteiger charge is 2.12. The van der Waals surface area contributed by atoms with Crippen molar-refractivity contribution >= 4 is 5.82 Å². The van der Waals surface area contributed by atoms with Crippen molar-refractivity contribution in [1.29, 1.82) is 10.5 Å². The van der Waals surface area contributed by atoms with Crippen LogP contribution in [0, 0.1) is 29.6 Å². The molecule has 16 heavy (non-hydrogen) atoms. The molecule has 0 spiro atoms. The molecule has 0 radical (unpaired) electrons. The largest absolute Gasteiger partial charge is 0.355 e. The van der Waals surface area contributed by atoms with E-state index in [1.165, 1.54) is 0 Å². The molecule has 4 nitrogen and oxygen atoms in total. The van der Waals surface area contributed by atoms with Crippen molar-refractivity contribution in [1.82, 2.24) is 4.98 Å². The van der Waals surface area contributed by atoms with Crippen LogP contribution in [-0.2, 0) is 0 Å². The zero-order chi connectivity index (χ0) is 12.0. The predicted octanol–water partition coefficient (Wildman–Crippen LogP) is 2.00. The summed E-state index contributed by atoms with van der Waals surface area (Å²) < 4.78 is 0. The highest BCUT2D eigenvalue weighted by atomic mass is 15.2. The van der Waals surface area contributed by atoms with Gasteiger partial charge in [-0.05, 0) is 25.5 Å². The summed E-state index contributed by atoms with van der Waals surface area (Å²) in [6.07, 6.45) is 2.13. The molecular formula is C12H14N4. The van der Waals surface area contributed by atoms with Gasteiger partial charge in [-0.3, -0.25) is 0 Å². The summed E-state index contributed by atoms with van der Waals surface area (Å²) in [6.45, 7) is 5.23. The van der Waals surface area contributed by atoms with Gasteiger partial charge in [0.1, 0.15) is 11.9 Å². The standard InChI is InChI=1S/C12H14N4/c1-3-16(8-4-6-13)12-11(9-14)10(2)5-7-15-12/h5,7H,3-4,8H2,1-2H3. The fraction of sp³-hybridized carbons (Fsp3) is 0.417. The van der Waals surface area contributed by atoms with Crippen LogP contribution in [0.2, 0.25) is 0 Å². The number of hydrogen-bond donors (Lipinski definition) is 0. The first kappa shape index (κ1) is 12.0. The maximum absolute atomic E-state index is 9.09. The minimum atomic E-state index is 0.439. The van der Waals surface area contributed by atoms with Crippen LogP contribution in [0.1, 0.15) is 24.5 Å². The Hall–Kier alpha value is -2.07. The van der Waals surface area contributed by atoms with E-state index >= 15 is 0 Å². The maximum Gasteiger partial charge on any atom is 0.146 e. The number of nitriles is 2. The average molecular weight is 214 g/mol. The average Bonchev–Trinajstić information content (AvgIpc) is 2.30. The first-order valence-corrected chi connectivity index (χ1v) is 5.22. The molecule has 1 rings (SSSR count). The van der Waals surface area contributed by atoms with Crippen molar-refractivity contribution < 1.29 is 0 Å². The zero-order valence-electron chi connectivity index (χ0n) is 9.56. The number of nitrogens with zero attached hydrogens (tertiary/aromatic N) is 4. The van der Waals surface area contributed by atoms with Gasteiger partial charge in [0.2, 0.25) is 0 Å². The van der Waals surface area contributed by atoms with E-state index in [0.29, 0.717) is 24.3 Å². The Bertz CT molecular complexity index is 439. The highest BCUT2D eigenvalue weighted by Crippen LogP contribution is 2.19. The second-order valence-electron chi connectivity index (χ2n) is 3.43. The fourth-order valence-electron chi connectivity index (χ4n) is 1.52. The summed E-state index contributed by atoms with van der Waals surface area (Å²) >= 11 is 0. The monoisotopic (exact) mass is 214 g/mol. The van der Waals surface area contributed by atoms with E-state index < -0.39 is 0 Å². The van der Waals surface area contributed by atoms with Crippen molar-refractivity contribution in [2.75, 3.05) is 18.0 Å². The molecule has 0 fully saturated rings. The van der Waals surface area contributed by atoms with Crippen LogP contribution in [0.25, 0.3) is 0 Å². The summed E-state index contributed by atoms with van der Waals surface area (Å²) in [5.41, 5.74) is 1.52. The third kappa shape index (κ3) is 2.49. The van der Waals surface area contributed by atoms with Gasteiger partial charge in [-0.1, -0.05) is 0 Å². The Morgan fingerprint density at radius 2 is 2.19 bits per heavy atom. The van der Waals surface area contributed by atoms with Crippen molar-refractivity contribution in [3.63, 3.8) is 0 Å². The van der Waals surface area contributed by atoms with Crippen LogP contribution in [0.5, 0.6) is 0 Å². The lowest BCUT2D eigenvalue weighted by molar-refractivity contribution is 0.808. The molecule has 82 valence electrons. The number of pyridine rings is 1. The van der Waals surface area contributed by atoms with Gasteiger partial charge in [0.05, 0.1) is 18.1 Å². The molecule has 0 N–H and O–H groups in total. The third-order valence-corrected chi connectivity index (χ3v) is 2.43. The van der Waals surface area contributed by atoms with Crippen LogP contribution in [0.4, 0.5) is 5.82 Å². The van der Waals surface area contributed by atoms with Crippen LogP contribution in [0.15, 0.2) is 12.3 Å². The number of hydrogen-bond acceptors (Lipinski definition) is 4. The Morgan fingerprint density at radius 3 is 2.75 bits per heavy atom. The Morgan fingerprint density at radius 1 is 1.44 bits per heavy atom. The maximum atomic E-state index is 9.09. The molecule has 0 atom stereocenters. The normalized spacial score (nSPS) is 9.25. The summed E-state index contributed by atoms with van der Waals surface area (Å²) in [5.74, 6) is 0.681. The number of aryl methyl sites for hydroxylation is 1. The molecule has 0 unspecified atom stereocenters. The first-order valence-electron chi connectivity index (χ1n) is 5.22. The summed E-state index contributed by atoms with van der Waals surface area (Å²) in [7, 11) is 0. The lowest BCUT2D eigenvalue weighted by Crippen LogP contribution is -2.25. The van der Waals surface area contributed by atoms with E-state index in [1.807, 2.05) is 24.8 Å². The molecular weight excluding hydrogens is 200 g/mol. The van der Waals surface area contributed by atoms with Crippen LogP contribution in [-0.4, -0.2) is 18.1 Å². The molecule has 0 bridgehead atoms. The van der Waals surface area contributed by atoms with Crippen molar-refractivity contribution in [3.8, 4) is 12.1 Å². The molecule has 0 aliphatic rings. The summed E-state index contributed by atoms with van der Waals surface area (Å²) in [5, 5.41) is 17.7. The molecule has 0 saturated carbocycles. The molecule has 0 amide bonds. The number of aromatic nitrogens is 1. The molecule has 0 aliphatic carbocycles. The third-order valence-electron chi connectivity index (χ3n) is 2.43. The van der Waals surface area contributed by atoms with Crippen molar-refractivity contribution in [3.05, 3.63) is 23.4 Å². The second kappa shape index (κ2) is 5.72. The van der Waals surface area contributed by atoms with Gasteiger partial charge >= 0.3 is 0 Å². The minimum Gasteiger partial charge on any atom is -0.355 e. The van der Waals surface area contributed by atoms with Crippen LogP contribution < -0.4 is 4.90 Å².